The molecule has 112 valence electrons. The Morgan fingerprint density at radius 2 is 1.77 bits per heavy atom. The van der Waals surface area contributed by atoms with E-state index in [1.54, 1.807) is 12.4 Å². The second-order valence-corrected chi connectivity index (χ2v) is 5.66. The van der Waals surface area contributed by atoms with Crippen molar-refractivity contribution in [3.05, 3.63) is 30.4 Å². The summed E-state index contributed by atoms with van der Waals surface area (Å²) < 4.78 is 0. The molecule has 4 rings (SSSR count). The van der Waals surface area contributed by atoms with Gasteiger partial charge in [-0.25, -0.2) is 15.0 Å². The van der Waals surface area contributed by atoms with Crippen LogP contribution in [0, 0.1) is 6.92 Å². The van der Waals surface area contributed by atoms with Crippen molar-refractivity contribution in [1.29, 1.82) is 0 Å². The van der Waals surface area contributed by atoms with E-state index in [9.17, 15) is 0 Å². The highest BCUT2D eigenvalue weighted by Crippen LogP contribution is 2.27. The summed E-state index contributed by atoms with van der Waals surface area (Å²) in [5.74, 6) is 2.55. The zero-order valence-electron chi connectivity index (χ0n) is 12.6. The molecule has 0 aromatic carbocycles. The summed E-state index contributed by atoms with van der Waals surface area (Å²) in [5.41, 5.74) is 2.68. The first kappa shape index (κ1) is 13.2. The third kappa shape index (κ3) is 2.30. The van der Waals surface area contributed by atoms with E-state index in [1.807, 2.05) is 19.1 Å². The minimum absolute atomic E-state index is 0.776. The molecule has 3 aromatic heterocycles. The second-order valence-electron chi connectivity index (χ2n) is 5.66. The number of nitrogens with zero attached hydrogens (tertiary/aromatic N) is 5. The van der Waals surface area contributed by atoms with Gasteiger partial charge in [0.05, 0.1) is 0 Å². The van der Waals surface area contributed by atoms with Gasteiger partial charge in [-0.1, -0.05) is 0 Å². The first-order valence-corrected chi connectivity index (χ1v) is 7.71. The van der Waals surface area contributed by atoms with Crippen molar-refractivity contribution in [3.8, 4) is 11.4 Å². The van der Waals surface area contributed by atoms with E-state index in [0.29, 0.717) is 0 Å². The number of fused-ring (bicyclic) bond motifs is 1. The topological polar surface area (TPSA) is 70.6 Å². The summed E-state index contributed by atoms with van der Waals surface area (Å²) in [5, 5.41) is 0. The van der Waals surface area contributed by atoms with Crippen LogP contribution in [0.25, 0.3) is 22.6 Å². The molecular weight excluding hydrogens is 276 g/mol. The van der Waals surface area contributed by atoms with Crippen molar-refractivity contribution < 1.29 is 0 Å². The SMILES string of the molecule is Cc1nc(N2CCCCC2)c2nc(-c3ccncc3)[nH]c2n1. The van der Waals surface area contributed by atoms with E-state index < -0.39 is 0 Å². The third-order valence-electron chi connectivity index (χ3n) is 4.05. The first-order valence-electron chi connectivity index (χ1n) is 7.71. The predicted octanol–water partition coefficient (Wildman–Crippen LogP) is 2.71. The number of aromatic amines is 1. The van der Waals surface area contributed by atoms with Gasteiger partial charge in [-0.3, -0.25) is 4.98 Å². The van der Waals surface area contributed by atoms with Crippen LogP contribution in [0.15, 0.2) is 24.5 Å². The summed E-state index contributed by atoms with van der Waals surface area (Å²) in [6.07, 6.45) is 7.26. The fourth-order valence-electron chi connectivity index (χ4n) is 2.97. The number of nitrogens with one attached hydrogen (secondary N) is 1. The Labute approximate surface area is 128 Å². The fourth-order valence-corrected chi connectivity index (χ4v) is 2.97. The van der Waals surface area contributed by atoms with E-state index in [0.717, 1.165) is 47.3 Å². The van der Waals surface area contributed by atoms with Gasteiger partial charge in [0.2, 0.25) is 0 Å². The second kappa shape index (κ2) is 5.36. The van der Waals surface area contributed by atoms with Gasteiger partial charge >= 0.3 is 0 Å². The van der Waals surface area contributed by atoms with E-state index in [-0.39, 0.29) is 0 Å². The van der Waals surface area contributed by atoms with E-state index >= 15 is 0 Å². The maximum Gasteiger partial charge on any atom is 0.163 e. The Morgan fingerprint density at radius 3 is 2.55 bits per heavy atom. The van der Waals surface area contributed by atoms with Gasteiger partial charge in [0.1, 0.15) is 11.6 Å². The molecule has 0 atom stereocenters. The number of imidazole rings is 1. The molecule has 0 radical (unpaired) electrons. The highest BCUT2D eigenvalue weighted by molar-refractivity contribution is 5.86. The largest absolute Gasteiger partial charge is 0.355 e. The standard InChI is InChI=1S/C16H18N6/c1-11-18-15-13(16(19-11)22-9-3-2-4-10-22)20-14(21-15)12-5-7-17-8-6-12/h5-8H,2-4,9-10H2,1H3,(H,18,19,20,21). The van der Waals surface area contributed by atoms with Crippen molar-refractivity contribution in [2.75, 3.05) is 18.0 Å². The molecule has 22 heavy (non-hydrogen) atoms. The van der Waals surface area contributed by atoms with Crippen LogP contribution in [0.4, 0.5) is 5.82 Å². The highest BCUT2D eigenvalue weighted by Gasteiger charge is 2.19. The molecule has 6 nitrogen and oxygen atoms in total. The minimum atomic E-state index is 0.776. The highest BCUT2D eigenvalue weighted by atomic mass is 15.2. The number of aromatic nitrogens is 5. The molecular formula is C16H18N6. The molecule has 0 bridgehead atoms. The van der Waals surface area contributed by atoms with Crippen LogP contribution in [0.3, 0.4) is 0 Å². The molecule has 0 saturated carbocycles. The maximum atomic E-state index is 4.75. The Kier molecular flexibility index (Phi) is 3.21. The molecule has 0 amide bonds. The Bertz CT molecular complexity index is 789. The van der Waals surface area contributed by atoms with Crippen LogP contribution < -0.4 is 4.90 Å². The summed E-state index contributed by atoms with van der Waals surface area (Å²) in [4.78, 5) is 23.6. The van der Waals surface area contributed by atoms with E-state index in [4.69, 9.17) is 4.98 Å². The number of hydrogen-bond acceptors (Lipinski definition) is 5. The average Bonchev–Trinajstić information content (AvgIpc) is 2.99. The summed E-state index contributed by atoms with van der Waals surface area (Å²) in [6.45, 7) is 4.02. The minimum Gasteiger partial charge on any atom is -0.355 e. The van der Waals surface area contributed by atoms with Gasteiger partial charge in [-0.15, -0.1) is 0 Å². The summed E-state index contributed by atoms with van der Waals surface area (Å²) in [6, 6.07) is 3.89. The van der Waals surface area contributed by atoms with Crippen molar-refractivity contribution >= 4 is 17.0 Å². The van der Waals surface area contributed by atoms with Crippen LogP contribution >= 0.6 is 0 Å². The van der Waals surface area contributed by atoms with E-state index in [2.05, 4.69) is 24.8 Å². The monoisotopic (exact) mass is 294 g/mol. The number of piperidine rings is 1. The van der Waals surface area contributed by atoms with Crippen LogP contribution in [0.5, 0.6) is 0 Å². The molecule has 0 aliphatic carbocycles. The number of H-pyrrole nitrogens is 1. The van der Waals surface area contributed by atoms with Gasteiger partial charge in [0.25, 0.3) is 0 Å². The molecule has 0 unspecified atom stereocenters. The number of aryl methyl sites for hydroxylation is 1. The molecule has 1 fully saturated rings. The number of rotatable bonds is 2. The van der Waals surface area contributed by atoms with Crippen molar-refractivity contribution in [2.24, 2.45) is 0 Å². The molecule has 1 N–H and O–H groups in total. The molecule has 1 aliphatic rings. The smallest absolute Gasteiger partial charge is 0.163 e. The molecule has 4 heterocycles. The van der Waals surface area contributed by atoms with Crippen molar-refractivity contribution in [2.45, 2.75) is 26.2 Å². The average molecular weight is 294 g/mol. The predicted molar refractivity (Wildman–Crippen MR) is 85.7 cm³/mol. The van der Waals surface area contributed by atoms with Crippen LogP contribution in [0.2, 0.25) is 0 Å². The molecule has 0 spiro atoms. The number of hydrogen-bond donors (Lipinski definition) is 1. The van der Waals surface area contributed by atoms with Gasteiger partial charge in [-0.05, 0) is 38.3 Å². The maximum absolute atomic E-state index is 4.75. The lowest BCUT2D eigenvalue weighted by Crippen LogP contribution is -2.30. The number of anilines is 1. The van der Waals surface area contributed by atoms with Gasteiger partial charge < -0.3 is 9.88 Å². The van der Waals surface area contributed by atoms with Crippen LogP contribution in [0.1, 0.15) is 25.1 Å². The lowest BCUT2D eigenvalue weighted by atomic mass is 10.1. The lowest BCUT2D eigenvalue weighted by Gasteiger charge is -2.27. The molecule has 3 aromatic rings. The summed E-state index contributed by atoms with van der Waals surface area (Å²) >= 11 is 0. The Morgan fingerprint density at radius 1 is 1.00 bits per heavy atom. The Hall–Kier alpha value is -2.50. The quantitative estimate of drug-likeness (QED) is 0.787. The van der Waals surface area contributed by atoms with E-state index in [1.165, 1.54) is 19.3 Å². The van der Waals surface area contributed by atoms with Crippen LogP contribution in [-0.4, -0.2) is 38.0 Å². The third-order valence-corrected chi connectivity index (χ3v) is 4.05. The zero-order chi connectivity index (χ0) is 14.9. The van der Waals surface area contributed by atoms with Crippen LogP contribution in [-0.2, 0) is 0 Å². The molecule has 6 heteroatoms. The lowest BCUT2D eigenvalue weighted by molar-refractivity contribution is 0.574. The van der Waals surface area contributed by atoms with Gasteiger partial charge in [-0.2, -0.15) is 0 Å². The molecule has 1 aliphatic heterocycles. The normalized spacial score (nSPS) is 15.4. The number of pyridine rings is 1. The van der Waals surface area contributed by atoms with Crippen molar-refractivity contribution in [3.63, 3.8) is 0 Å². The van der Waals surface area contributed by atoms with Gasteiger partial charge in [0, 0.05) is 31.0 Å². The zero-order valence-corrected chi connectivity index (χ0v) is 12.6. The molecule has 1 saturated heterocycles. The Balaban J connectivity index is 1.84. The van der Waals surface area contributed by atoms with Gasteiger partial charge in [0.15, 0.2) is 17.0 Å². The fraction of sp³-hybridized carbons (Fsp3) is 0.375. The first-order chi connectivity index (χ1) is 10.8. The summed E-state index contributed by atoms with van der Waals surface area (Å²) in [7, 11) is 0. The van der Waals surface area contributed by atoms with Crippen molar-refractivity contribution in [1.82, 2.24) is 24.9 Å².